The maximum Gasteiger partial charge on any atom is 0.224 e. The fourth-order valence-electron chi connectivity index (χ4n) is 4.73. The molecule has 2 saturated heterocycles. The summed E-state index contributed by atoms with van der Waals surface area (Å²) in [4.78, 5) is 29.0. The van der Waals surface area contributed by atoms with Gasteiger partial charge in [0.1, 0.15) is 5.52 Å². The van der Waals surface area contributed by atoms with E-state index >= 15 is 0 Å². The molecule has 4 rings (SSSR count). The van der Waals surface area contributed by atoms with Crippen molar-refractivity contribution in [3.63, 3.8) is 0 Å². The number of piperidine rings is 1. The van der Waals surface area contributed by atoms with Gasteiger partial charge in [-0.05, 0) is 31.5 Å². The lowest BCUT2D eigenvalue weighted by atomic mass is 9.89. The maximum atomic E-state index is 13.0. The monoisotopic (exact) mass is 423 g/mol. The van der Waals surface area contributed by atoms with E-state index < -0.39 is 0 Å². The second kappa shape index (κ2) is 9.70. The highest BCUT2D eigenvalue weighted by atomic mass is 16.1. The number of hydrogen-bond acceptors (Lipinski definition) is 7. The summed E-state index contributed by atoms with van der Waals surface area (Å²) in [7, 11) is 2.16. The molecule has 1 amide bonds. The number of fused-ring (bicyclic) bond motifs is 1. The van der Waals surface area contributed by atoms with Crippen molar-refractivity contribution >= 4 is 28.8 Å². The number of hydrogen-bond donors (Lipinski definition) is 2. The molecule has 3 heterocycles. The highest BCUT2D eigenvalue weighted by Crippen LogP contribution is 2.31. The molecule has 0 radical (unpaired) electrons. The Morgan fingerprint density at radius 3 is 2.65 bits per heavy atom. The number of benzene rings is 1. The fraction of sp³-hybridized carbons (Fsp3) is 0.565. The zero-order chi connectivity index (χ0) is 21.8. The van der Waals surface area contributed by atoms with Crippen LogP contribution in [0.15, 0.2) is 24.5 Å². The number of aromatic nitrogens is 2. The SMILES string of the molecule is CC1CC(C(=O)NCCN2CCN(C)CC2)CN(c2ccc(C=N)c3nccnc23)C1. The van der Waals surface area contributed by atoms with Crippen molar-refractivity contribution in [3.8, 4) is 0 Å². The molecule has 0 aliphatic carbocycles. The van der Waals surface area contributed by atoms with Crippen LogP contribution >= 0.6 is 0 Å². The van der Waals surface area contributed by atoms with Crippen LogP contribution < -0.4 is 10.2 Å². The van der Waals surface area contributed by atoms with E-state index in [1.807, 2.05) is 12.1 Å². The largest absolute Gasteiger partial charge is 0.369 e. The van der Waals surface area contributed by atoms with Gasteiger partial charge in [-0.3, -0.25) is 19.7 Å². The zero-order valence-electron chi connectivity index (χ0n) is 18.5. The molecular weight excluding hydrogens is 390 g/mol. The predicted molar refractivity (Wildman–Crippen MR) is 124 cm³/mol. The smallest absolute Gasteiger partial charge is 0.224 e. The van der Waals surface area contributed by atoms with Gasteiger partial charge in [-0.1, -0.05) is 6.92 Å². The minimum absolute atomic E-state index is 0.0367. The summed E-state index contributed by atoms with van der Waals surface area (Å²) in [5, 5.41) is 10.8. The Morgan fingerprint density at radius 2 is 1.90 bits per heavy atom. The van der Waals surface area contributed by atoms with E-state index in [9.17, 15) is 4.79 Å². The maximum absolute atomic E-state index is 13.0. The number of amides is 1. The van der Waals surface area contributed by atoms with E-state index in [1.54, 1.807) is 12.4 Å². The lowest BCUT2D eigenvalue weighted by Crippen LogP contribution is -2.49. The summed E-state index contributed by atoms with van der Waals surface area (Å²) >= 11 is 0. The van der Waals surface area contributed by atoms with Gasteiger partial charge < -0.3 is 20.5 Å². The number of likely N-dealkylation sites (N-methyl/N-ethyl adjacent to an activating group) is 1. The van der Waals surface area contributed by atoms with Gasteiger partial charge in [0.15, 0.2) is 0 Å². The standard InChI is InChI=1S/C23H33N7O/c1-17-13-19(23(31)27-7-8-29-11-9-28(2)10-12-29)16-30(15-17)20-4-3-18(14-24)21-22(20)26-6-5-25-21/h3-6,14,17,19,24H,7-13,15-16H2,1-2H3,(H,27,31). The molecule has 166 valence electrons. The fourth-order valence-corrected chi connectivity index (χ4v) is 4.73. The highest BCUT2D eigenvalue weighted by Gasteiger charge is 2.31. The van der Waals surface area contributed by atoms with Crippen LogP contribution in [-0.4, -0.2) is 91.3 Å². The molecule has 2 N–H and O–H groups in total. The van der Waals surface area contributed by atoms with E-state index in [1.165, 1.54) is 6.21 Å². The molecule has 0 spiro atoms. The Hall–Kier alpha value is -2.58. The minimum atomic E-state index is -0.0367. The minimum Gasteiger partial charge on any atom is -0.369 e. The van der Waals surface area contributed by atoms with Gasteiger partial charge in [0.25, 0.3) is 0 Å². The number of carbonyl (C=O) groups is 1. The molecule has 31 heavy (non-hydrogen) atoms. The lowest BCUT2D eigenvalue weighted by molar-refractivity contribution is -0.125. The Balaban J connectivity index is 1.41. The molecule has 0 saturated carbocycles. The molecule has 1 aromatic carbocycles. The number of nitrogens with zero attached hydrogens (tertiary/aromatic N) is 5. The average Bonchev–Trinajstić information content (AvgIpc) is 2.79. The van der Waals surface area contributed by atoms with Crippen LogP contribution in [-0.2, 0) is 4.79 Å². The van der Waals surface area contributed by atoms with Crippen LogP contribution in [0.2, 0.25) is 0 Å². The van der Waals surface area contributed by atoms with Gasteiger partial charge in [-0.15, -0.1) is 0 Å². The van der Waals surface area contributed by atoms with Crippen molar-refractivity contribution in [1.29, 1.82) is 5.41 Å². The van der Waals surface area contributed by atoms with Crippen LogP contribution in [0.1, 0.15) is 18.9 Å². The Bertz CT molecular complexity index is 925. The van der Waals surface area contributed by atoms with E-state index in [2.05, 4.69) is 44.0 Å². The van der Waals surface area contributed by atoms with Crippen LogP contribution in [0.4, 0.5) is 5.69 Å². The van der Waals surface area contributed by atoms with Crippen molar-refractivity contribution in [2.45, 2.75) is 13.3 Å². The first-order chi connectivity index (χ1) is 15.0. The predicted octanol–water partition coefficient (Wildman–Crippen LogP) is 1.45. The Labute approximate surface area is 184 Å². The molecule has 2 unspecified atom stereocenters. The van der Waals surface area contributed by atoms with Crippen LogP contribution in [0.5, 0.6) is 0 Å². The summed E-state index contributed by atoms with van der Waals surface area (Å²) in [6.45, 7) is 9.72. The molecular formula is C23H33N7O. The van der Waals surface area contributed by atoms with Gasteiger partial charge in [-0.25, -0.2) is 0 Å². The second-order valence-electron chi connectivity index (χ2n) is 8.95. The zero-order valence-corrected chi connectivity index (χ0v) is 18.5. The first kappa shape index (κ1) is 21.6. The first-order valence-corrected chi connectivity index (χ1v) is 11.2. The normalized spacial score (nSPS) is 23.1. The van der Waals surface area contributed by atoms with Crippen molar-refractivity contribution in [3.05, 3.63) is 30.1 Å². The van der Waals surface area contributed by atoms with E-state index in [0.29, 0.717) is 19.0 Å². The lowest BCUT2D eigenvalue weighted by Gasteiger charge is -2.38. The Kier molecular flexibility index (Phi) is 6.77. The molecule has 2 fully saturated rings. The molecule has 2 atom stereocenters. The van der Waals surface area contributed by atoms with E-state index in [0.717, 1.165) is 68.0 Å². The number of anilines is 1. The molecule has 2 aliphatic heterocycles. The molecule has 8 heteroatoms. The van der Waals surface area contributed by atoms with Gasteiger partial charge >= 0.3 is 0 Å². The van der Waals surface area contributed by atoms with Gasteiger partial charge in [-0.2, -0.15) is 0 Å². The Morgan fingerprint density at radius 1 is 1.16 bits per heavy atom. The summed E-state index contributed by atoms with van der Waals surface area (Å²) < 4.78 is 0. The average molecular weight is 424 g/mol. The molecule has 2 aliphatic rings. The van der Waals surface area contributed by atoms with Crippen molar-refractivity contribution < 1.29 is 4.79 Å². The third kappa shape index (κ3) is 5.02. The van der Waals surface area contributed by atoms with Crippen molar-refractivity contribution in [1.82, 2.24) is 25.1 Å². The molecule has 0 bridgehead atoms. The van der Waals surface area contributed by atoms with E-state index in [-0.39, 0.29) is 11.8 Å². The highest BCUT2D eigenvalue weighted by molar-refractivity contribution is 6.00. The number of rotatable bonds is 6. The summed E-state index contributed by atoms with van der Waals surface area (Å²) in [6.07, 6.45) is 5.57. The third-order valence-corrected chi connectivity index (χ3v) is 6.48. The molecule has 2 aromatic rings. The molecule has 8 nitrogen and oxygen atoms in total. The quantitative estimate of drug-likeness (QED) is 0.684. The number of nitrogens with one attached hydrogen (secondary N) is 2. The van der Waals surface area contributed by atoms with Crippen molar-refractivity contribution in [2.75, 3.05) is 64.3 Å². The van der Waals surface area contributed by atoms with Crippen molar-refractivity contribution in [2.24, 2.45) is 11.8 Å². The number of carbonyl (C=O) groups excluding carboxylic acids is 1. The number of piperazine rings is 1. The van der Waals surface area contributed by atoms with Crippen LogP contribution in [0.25, 0.3) is 11.0 Å². The summed E-state index contributed by atoms with van der Waals surface area (Å²) in [5.74, 6) is 0.527. The third-order valence-electron chi connectivity index (χ3n) is 6.48. The topological polar surface area (TPSA) is 88.5 Å². The first-order valence-electron chi connectivity index (χ1n) is 11.2. The van der Waals surface area contributed by atoms with Gasteiger partial charge in [0.2, 0.25) is 5.91 Å². The van der Waals surface area contributed by atoms with Crippen LogP contribution in [0.3, 0.4) is 0 Å². The van der Waals surface area contributed by atoms with E-state index in [4.69, 9.17) is 5.41 Å². The summed E-state index contributed by atoms with van der Waals surface area (Å²) in [6, 6.07) is 3.93. The summed E-state index contributed by atoms with van der Waals surface area (Å²) in [5.41, 5.74) is 3.29. The second-order valence-corrected chi connectivity index (χ2v) is 8.95. The van der Waals surface area contributed by atoms with Crippen LogP contribution in [0, 0.1) is 17.2 Å². The van der Waals surface area contributed by atoms with Gasteiger partial charge in [0, 0.05) is 76.5 Å². The molecule has 1 aromatic heterocycles. The van der Waals surface area contributed by atoms with Gasteiger partial charge in [0.05, 0.1) is 17.1 Å².